The Morgan fingerprint density at radius 3 is 2.93 bits per heavy atom. The molecule has 0 atom stereocenters. The number of anilines is 2. The normalized spacial score (nSPS) is 10.1. The first-order valence-electron chi connectivity index (χ1n) is 4.97. The average molecular weight is 210 g/mol. The smallest absolute Gasteiger partial charge is 0.133 e. The van der Waals surface area contributed by atoms with E-state index in [-0.39, 0.29) is 0 Å². The molecule has 1 rings (SSSR count). The molecule has 0 spiro atoms. The fourth-order valence-electron chi connectivity index (χ4n) is 1.25. The minimum atomic E-state index is 0.772. The molecule has 1 aromatic heterocycles. The third-order valence-corrected chi connectivity index (χ3v) is 2.14. The Morgan fingerprint density at radius 2 is 2.27 bits per heavy atom. The summed E-state index contributed by atoms with van der Waals surface area (Å²) in [5.74, 6) is 1.75. The van der Waals surface area contributed by atoms with E-state index in [9.17, 15) is 0 Å². The van der Waals surface area contributed by atoms with Gasteiger partial charge in [-0.2, -0.15) is 0 Å². The summed E-state index contributed by atoms with van der Waals surface area (Å²) < 4.78 is 5.00. The third-order valence-electron chi connectivity index (χ3n) is 2.14. The lowest BCUT2D eigenvalue weighted by molar-refractivity contribution is 0.196. The summed E-state index contributed by atoms with van der Waals surface area (Å²) in [6, 6.07) is 1.92. The quantitative estimate of drug-likeness (QED) is 0.710. The Kier molecular flexibility index (Phi) is 4.83. The number of methoxy groups -OCH3 is 1. The zero-order valence-electron chi connectivity index (χ0n) is 9.53. The van der Waals surface area contributed by atoms with Crippen molar-refractivity contribution in [3.63, 3.8) is 0 Å². The second-order valence-electron chi connectivity index (χ2n) is 3.28. The van der Waals surface area contributed by atoms with Crippen LogP contribution in [0.15, 0.2) is 12.4 Å². The topological polar surface area (TPSA) is 50.3 Å². The van der Waals surface area contributed by atoms with E-state index < -0.39 is 0 Å². The van der Waals surface area contributed by atoms with Gasteiger partial charge in [-0.1, -0.05) is 0 Å². The van der Waals surface area contributed by atoms with Crippen molar-refractivity contribution in [3.8, 4) is 0 Å². The van der Waals surface area contributed by atoms with E-state index in [4.69, 9.17) is 4.74 Å². The van der Waals surface area contributed by atoms with Gasteiger partial charge in [0.15, 0.2) is 0 Å². The Hall–Kier alpha value is -1.36. The Balaban J connectivity index is 2.52. The molecule has 0 amide bonds. The molecule has 0 fully saturated rings. The maximum absolute atomic E-state index is 5.00. The molecule has 1 heterocycles. The summed E-state index contributed by atoms with van der Waals surface area (Å²) in [7, 11) is 5.57. The minimum Gasteiger partial charge on any atom is -0.385 e. The number of ether oxygens (including phenoxy) is 1. The third kappa shape index (κ3) is 3.71. The largest absolute Gasteiger partial charge is 0.385 e. The number of aromatic nitrogens is 2. The molecule has 0 bridgehead atoms. The van der Waals surface area contributed by atoms with Gasteiger partial charge in [-0.3, -0.25) is 0 Å². The summed E-state index contributed by atoms with van der Waals surface area (Å²) in [5, 5.41) is 2.99. The molecule has 0 aromatic carbocycles. The maximum Gasteiger partial charge on any atom is 0.133 e. The Bertz CT molecular complexity index is 293. The average Bonchev–Trinajstić information content (AvgIpc) is 2.29. The highest BCUT2D eigenvalue weighted by Gasteiger charge is 2.02. The van der Waals surface area contributed by atoms with Gasteiger partial charge in [-0.15, -0.1) is 0 Å². The van der Waals surface area contributed by atoms with Crippen molar-refractivity contribution >= 4 is 11.6 Å². The van der Waals surface area contributed by atoms with Crippen molar-refractivity contribution in [2.24, 2.45) is 0 Å². The van der Waals surface area contributed by atoms with Gasteiger partial charge in [0.1, 0.15) is 18.0 Å². The molecule has 1 N–H and O–H groups in total. The van der Waals surface area contributed by atoms with Gasteiger partial charge in [0.05, 0.1) is 0 Å². The van der Waals surface area contributed by atoms with Crippen LogP contribution in [0.2, 0.25) is 0 Å². The van der Waals surface area contributed by atoms with Crippen molar-refractivity contribution in [1.82, 2.24) is 9.97 Å². The molecule has 0 aliphatic carbocycles. The minimum absolute atomic E-state index is 0.772. The predicted octanol–water partition coefficient (Wildman–Crippen LogP) is 0.991. The first-order valence-corrected chi connectivity index (χ1v) is 4.97. The maximum atomic E-state index is 5.00. The van der Waals surface area contributed by atoms with Gasteiger partial charge in [-0.05, 0) is 6.42 Å². The highest BCUT2D eigenvalue weighted by molar-refractivity contribution is 5.47. The molecule has 15 heavy (non-hydrogen) atoms. The van der Waals surface area contributed by atoms with E-state index in [0.29, 0.717) is 0 Å². The van der Waals surface area contributed by atoms with Crippen LogP contribution in [0.1, 0.15) is 6.42 Å². The zero-order valence-corrected chi connectivity index (χ0v) is 9.53. The Morgan fingerprint density at radius 1 is 1.47 bits per heavy atom. The van der Waals surface area contributed by atoms with Crippen molar-refractivity contribution in [2.45, 2.75) is 6.42 Å². The van der Waals surface area contributed by atoms with E-state index in [1.807, 2.05) is 20.2 Å². The highest BCUT2D eigenvalue weighted by atomic mass is 16.5. The summed E-state index contributed by atoms with van der Waals surface area (Å²) >= 11 is 0. The van der Waals surface area contributed by atoms with E-state index in [2.05, 4.69) is 20.2 Å². The van der Waals surface area contributed by atoms with E-state index >= 15 is 0 Å². The SMILES string of the molecule is CNc1cc(N(C)CCCOC)ncn1. The standard InChI is InChI=1S/C10H18N4O/c1-11-9-7-10(13-8-12-9)14(2)5-4-6-15-3/h7-8H,4-6H2,1-3H3,(H,11,12,13). The van der Waals surface area contributed by atoms with Crippen molar-refractivity contribution in [3.05, 3.63) is 12.4 Å². The van der Waals surface area contributed by atoms with Crippen LogP contribution < -0.4 is 10.2 Å². The van der Waals surface area contributed by atoms with Gasteiger partial charge in [-0.25, -0.2) is 9.97 Å². The number of rotatable bonds is 6. The highest BCUT2D eigenvalue weighted by Crippen LogP contribution is 2.11. The molecular formula is C10H18N4O. The number of nitrogens with zero attached hydrogens (tertiary/aromatic N) is 3. The Labute approximate surface area is 90.5 Å². The lowest BCUT2D eigenvalue weighted by atomic mass is 10.4. The van der Waals surface area contributed by atoms with Crippen molar-refractivity contribution in [1.29, 1.82) is 0 Å². The monoisotopic (exact) mass is 210 g/mol. The lowest BCUT2D eigenvalue weighted by Gasteiger charge is -2.17. The molecule has 0 saturated heterocycles. The lowest BCUT2D eigenvalue weighted by Crippen LogP contribution is -2.21. The van der Waals surface area contributed by atoms with Gasteiger partial charge in [0, 0.05) is 40.4 Å². The van der Waals surface area contributed by atoms with Crippen LogP contribution >= 0.6 is 0 Å². The number of nitrogens with one attached hydrogen (secondary N) is 1. The molecule has 5 heteroatoms. The van der Waals surface area contributed by atoms with Crippen molar-refractivity contribution in [2.75, 3.05) is 44.6 Å². The van der Waals surface area contributed by atoms with Crippen LogP contribution in [0.25, 0.3) is 0 Å². The molecule has 0 aliphatic rings. The molecule has 84 valence electrons. The molecule has 0 saturated carbocycles. The van der Waals surface area contributed by atoms with Gasteiger partial charge in [0.2, 0.25) is 0 Å². The molecule has 1 aromatic rings. The van der Waals surface area contributed by atoms with Crippen LogP contribution in [0, 0.1) is 0 Å². The van der Waals surface area contributed by atoms with E-state index in [1.54, 1.807) is 13.4 Å². The molecule has 0 aliphatic heterocycles. The van der Waals surface area contributed by atoms with Crippen LogP contribution in [0.3, 0.4) is 0 Å². The zero-order chi connectivity index (χ0) is 11.1. The van der Waals surface area contributed by atoms with Crippen LogP contribution in [-0.2, 0) is 4.74 Å². The molecular weight excluding hydrogens is 192 g/mol. The second kappa shape index (κ2) is 6.19. The number of hydrogen-bond donors (Lipinski definition) is 1. The first-order chi connectivity index (χ1) is 7.27. The van der Waals surface area contributed by atoms with Crippen molar-refractivity contribution < 1.29 is 4.74 Å². The van der Waals surface area contributed by atoms with Crippen LogP contribution in [0.4, 0.5) is 11.6 Å². The molecule has 0 radical (unpaired) electrons. The summed E-state index contributed by atoms with van der Waals surface area (Å²) in [5.41, 5.74) is 0. The number of hydrogen-bond acceptors (Lipinski definition) is 5. The second-order valence-corrected chi connectivity index (χ2v) is 3.28. The molecule has 5 nitrogen and oxygen atoms in total. The van der Waals surface area contributed by atoms with E-state index in [0.717, 1.165) is 31.2 Å². The van der Waals surface area contributed by atoms with Gasteiger partial charge in [0.25, 0.3) is 0 Å². The molecule has 0 unspecified atom stereocenters. The summed E-state index contributed by atoms with van der Waals surface area (Å²) in [6.45, 7) is 1.70. The van der Waals surface area contributed by atoms with Crippen LogP contribution in [-0.4, -0.2) is 44.3 Å². The van der Waals surface area contributed by atoms with Crippen LogP contribution in [0.5, 0.6) is 0 Å². The van der Waals surface area contributed by atoms with E-state index in [1.165, 1.54) is 0 Å². The first kappa shape index (κ1) is 11.7. The van der Waals surface area contributed by atoms with Gasteiger partial charge < -0.3 is 15.0 Å². The summed E-state index contributed by atoms with van der Waals surface area (Å²) in [6.07, 6.45) is 2.56. The fraction of sp³-hybridized carbons (Fsp3) is 0.600. The summed E-state index contributed by atoms with van der Waals surface area (Å²) in [4.78, 5) is 10.3. The predicted molar refractivity (Wildman–Crippen MR) is 61.3 cm³/mol. The fourth-order valence-corrected chi connectivity index (χ4v) is 1.25. The van der Waals surface area contributed by atoms with Gasteiger partial charge >= 0.3 is 0 Å².